The number of nitrogens with zero attached hydrogens (tertiary/aromatic N) is 3. The Hall–Kier alpha value is -2.67. The van der Waals surface area contributed by atoms with E-state index in [-0.39, 0.29) is 11.9 Å². The molecule has 0 spiro atoms. The molecular formula is C30H40N4O2. The van der Waals surface area contributed by atoms with Crippen molar-refractivity contribution in [1.29, 1.82) is 0 Å². The van der Waals surface area contributed by atoms with Crippen molar-refractivity contribution in [2.45, 2.75) is 56.7 Å². The Kier molecular flexibility index (Phi) is 8.05. The zero-order valence-corrected chi connectivity index (χ0v) is 21.6. The van der Waals surface area contributed by atoms with E-state index in [2.05, 4.69) is 58.2 Å². The summed E-state index contributed by atoms with van der Waals surface area (Å²) >= 11 is 0. The van der Waals surface area contributed by atoms with Crippen LogP contribution < -0.4 is 10.2 Å². The van der Waals surface area contributed by atoms with E-state index in [0.717, 1.165) is 51.3 Å². The molecule has 2 aromatic rings. The van der Waals surface area contributed by atoms with Crippen LogP contribution in [-0.2, 0) is 0 Å². The van der Waals surface area contributed by atoms with Gasteiger partial charge in [0, 0.05) is 50.4 Å². The Morgan fingerprint density at radius 1 is 1.03 bits per heavy atom. The minimum absolute atomic E-state index is 0.0231. The number of fused-ring (bicyclic) bond motifs is 2. The van der Waals surface area contributed by atoms with Gasteiger partial charge in [0.05, 0.1) is 13.2 Å². The molecule has 5 rings (SSSR count). The van der Waals surface area contributed by atoms with Gasteiger partial charge in [-0.1, -0.05) is 36.8 Å². The largest absolute Gasteiger partial charge is 0.497 e. The van der Waals surface area contributed by atoms with Crippen molar-refractivity contribution in [2.75, 3.05) is 39.8 Å². The third-order valence-corrected chi connectivity index (χ3v) is 8.18. The van der Waals surface area contributed by atoms with E-state index < -0.39 is 0 Å². The molecular weight excluding hydrogens is 448 g/mol. The SMILES string of the molecule is C=CCN1C2CCCC1CN(C(c1ccc(C(=O)NN3CCCC3)cc1)c1cccc(OC)c1)CC2. The van der Waals surface area contributed by atoms with Crippen LogP contribution in [0, 0.1) is 0 Å². The molecule has 3 aliphatic rings. The third-order valence-electron chi connectivity index (χ3n) is 8.18. The number of carbonyl (C=O) groups excluding carboxylic acids is 1. The molecule has 192 valence electrons. The van der Waals surface area contributed by atoms with Gasteiger partial charge in [-0.25, -0.2) is 5.01 Å². The van der Waals surface area contributed by atoms with E-state index in [1.54, 1.807) is 7.11 Å². The molecule has 3 fully saturated rings. The number of nitrogens with one attached hydrogen (secondary N) is 1. The lowest BCUT2D eigenvalue weighted by Gasteiger charge is -2.41. The minimum Gasteiger partial charge on any atom is -0.497 e. The molecule has 36 heavy (non-hydrogen) atoms. The van der Waals surface area contributed by atoms with Crippen molar-refractivity contribution in [3.8, 4) is 5.75 Å². The van der Waals surface area contributed by atoms with Crippen LogP contribution in [0.2, 0.25) is 0 Å². The van der Waals surface area contributed by atoms with E-state index in [0.29, 0.717) is 17.6 Å². The number of methoxy groups -OCH3 is 1. The number of benzene rings is 2. The van der Waals surface area contributed by atoms with Crippen LogP contribution in [0.5, 0.6) is 5.75 Å². The number of hydrogen-bond acceptors (Lipinski definition) is 5. The second kappa shape index (κ2) is 11.6. The van der Waals surface area contributed by atoms with Crippen molar-refractivity contribution < 1.29 is 9.53 Å². The highest BCUT2D eigenvalue weighted by atomic mass is 16.5. The zero-order chi connectivity index (χ0) is 24.9. The number of amides is 1. The lowest BCUT2D eigenvalue weighted by atomic mass is 9.94. The molecule has 2 bridgehead atoms. The molecule has 1 N–H and O–H groups in total. The van der Waals surface area contributed by atoms with Crippen molar-refractivity contribution in [3.05, 3.63) is 77.9 Å². The van der Waals surface area contributed by atoms with Gasteiger partial charge >= 0.3 is 0 Å². The molecule has 3 aliphatic heterocycles. The maximum Gasteiger partial charge on any atom is 0.265 e. The molecule has 3 atom stereocenters. The maximum atomic E-state index is 12.8. The summed E-state index contributed by atoms with van der Waals surface area (Å²) in [6.07, 6.45) is 9.34. The summed E-state index contributed by atoms with van der Waals surface area (Å²) in [5.41, 5.74) is 6.21. The minimum atomic E-state index is -0.0231. The highest BCUT2D eigenvalue weighted by molar-refractivity contribution is 5.93. The first-order valence-corrected chi connectivity index (χ1v) is 13.6. The smallest absolute Gasteiger partial charge is 0.265 e. The van der Waals surface area contributed by atoms with Gasteiger partial charge in [-0.2, -0.15) is 0 Å². The van der Waals surface area contributed by atoms with Crippen LogP contribution in [0.3, 0.4) is 0 Å². The van der Waals surface area contributed by atoms with E-state index >= 15 is 0 Å². The summed E-state index contributed by atoms with van der Waals surface area (Å²) in [5, 5.41) is 2.03. The Morgan fingerprint density at radius 2 is 1.81 bits per heavy atom. The van der Waals surface area contributed by atoms with Crippen molar-refractivity contribution in [1.82, 2.24) is 20.2 Å². The van der Waals surface area contributed by atoms with E-state index in [1.807, 2.05) is 23.2 Å². The van der Waals surface area contributed by atoms with Crippen LogP contribution in [0.15, 0.2) is 61.2 Å². The standard InChI is InChI=1S/C30H40N4O2/c1-3-17-34-26-9-7-10-27(34)22-32(20-16-26)29(25-8-6-11-28(21-25)36-2)23-12-14-24(15-13-23)30(35)31-33-18-4-5-19-33/h3,6,8,11-15,21,26-27,29H,1,4-5,7,9-10,16-20,22H2,2H3,(H,31,35). The van der Waals surface area contributed by atoms with Gasteiger partial charge in [0.2, 0.25) is 0 Å². The normalized spacial score (nSPS) is 24.1. The van der Waals surface area contributed by atoms with Crippen molar-refractivity contribution >= 4 is 5.91 Å². The molecule has 6 nitrogen and oxygen atoms in total. The van der Waals surface area contributed by atoms with Crippen LogP contribution in [0.1, 0.15) is 66.1 Å². The quantitative estimate of drug-likeness (QED) is 0.549. The number of rotatable bonds is 8. The fourth-order valence-corrected chi connectivity index (χ4v) is 6.36. The fourth-order valence-electron chi connectivity index (χ4n) is 6.36. The third kappa shape index (κ3) is 5.51. The van der Waals surface area contributed by atoms with Crippen molar-refractivity contribution in [3.63, 3.8) is 0 Å². The first-order valence-electron chi connectivity index (χ1n) is 13.6. The first kappa shape index (κ1) is 25.0. The van der Waals surface area contributed by atoms with Gasteiger partial charge in [-0.05, 0) is 67.5 Å². The van der Waals surface area contributed by atoms with E-state index in [9.17, 15) is 4.79 Å². The summed E-state index contributed by atoms with van der Waals surface area (Å²) in [6.45, 7) is 8.94. The Labute approximate surface area is 215 Å². The van der Waals surface area contributed by atoms with Crippen LogP contribution in [0.25, 0.3) is 0 Å². The predicted molar refractivity (Wildman–Crippen MR) is 144 cm³/mol. The van der Waals surface area contributed by atoms with Crippen LogP contribution >= 0.6 is 0 Å². The molecule has 1 amide bonds. The Morgan fingerprint density at radius 3 is 2.56 bits per heavy atom. The lowest BCUT2D eigenvalue weighted by molar-refractivity contribution is 0.0826. The van der Waals surface area contributed by atoms with E-state index in [4.69, 9.17) is 4.74 Å². The molecule has 0 aromatic heterocycles. The number of hydrogen-bond donors (Lipinski definition) is 1. The highest BCUT2D eigenvalue weighted by Gasteiger charge is 2.36. The molecule has 6 heteroatoms. The second-order valence-electron chi connectivity index (χ2n) is 10.4. The summed E-state index contributed by atoms with van der Waals surface area (Å²) in [4.78, 5) is 18.2. The topological polar surface area (TPSA) is 48.0 Å². The Bertz CT molecular complexity index is 1030. The summed E-state index contributed by atoms with van der Waals surface area (Å²) in [5.74, 6) is 0.853. The number of piperidine rings is 1. The molecule has 0 aliphatic carbocycles. The summed E-state index contributed by atoms with van der Waals surface area (Å²) < 4.78 is 5.59. The zero-order valence-electron chi connectivity index (χ0n) is 21.6. The second-order valence-corrected chi connectivity index (χ2v) is 10.4. The molecule has 3 unspecified atom stereocenters. The molecule has 3 saturated heterocycles. The average Bonchev–Trinajstić information content (AvgIpc) is 3.39. The van der Waals surface area contributed by atoms with Gasteiger partial charge in [0.15, 0.2) is 0 Å². The lowest BCUT2D eigenvalue weighted by Crippen LogP contribution is -2.48. The molecule has 0 saturated carbocycles. The maximum absolute atomic E-state index is 12.8. The summed E-state index contributed by atoms with van der Waals surface area (Å²) in [7, 11) is 1.73. The molecule has 0 radical (unpaired) electrons. The van der Waals surface area contributed by atoms with Crippen LogP contribution in [-0.4, -0.2) is 72.6 Å². The monoisotopic (exact) mass is 488 g/mol. The van der Waals surface area contributed by atoms with E-state index in [1.165, 1.54) is 36.8 Å². The molecule has 2 aromatic carbocycles. The highest BCUT2D eigenvalue weighted by Crippen LogP contribution is 2.36. The summed E-state index contributed by atoms with van der Waals surface area (Å²) in [6, 6.07) is 18.0. The van der Waals surface area contributed by atoms with Crippen LogP contribution in [0.4, 0.5) is 0 Å². The average molecular weight is 489 g/mol. The van der Waals surface area contributed by atoms with Gasteiger partial charge in [0.25, 0.3) is 5.91 Å². The first-order chi connectivity index (χ1) is 17.7. The number of hydrazine groups is 1. The van der Waals surface area contributed by atoms with Gasteiger partial charge in [-0.3, -0.25) is 20.0 Å². The number of ether oxygens (including phenoxy) is 1. The number of carbonyl (C=O) groups is 1. The fraction of sp³-hybridized carbons (Fsp3) is 0.500. The van der Waals surface area contributed by atoms with Gasteiger partial charge in [0.1, 0.15) is 5.75 Å². The predicted octanol–water partition coefficient (Wildman–Crippen LogP) is 4.64. The Balaban J connectivity index is 1.43. The molecule has 3 heterocycles. The van der Waals surface area contributed by atoms with Gasteiger partial charge in [-0.15, -0.1) is 6.58 Å². The van der Waals surface area contributed by atoms with Gasteiger partial charge < -0.3 is 4.74 Å². The van der Waals surface area contributed by atoms with Crippen molar-refractivity contribution in [2.24, 2.45) is 0 Å².